The van der Waals surface area contributed by atoms with Gasteiger partial charge in [-0.05, 0) is 18.2 Å². The van der Waals surface area contributed by atoms with Crippen molar-refractivity contribution >= 4 is 28.7 Å². The lowest BCUT2D eigenvalue weighted by atomic mass is 10.1. The third-order valence-electron chi connectivity index (χ3n) is 2.00. The van der Waals surface area contributed by atoms with Gasteiger partial charge in [0, 0.05) is 11.6 Å². The molecule has 0 atom stereocenters. The first-order valence-corrected chi connectivity index (χ1v) is 6.11. The summed E-state index contributed by atoms with van der Waals surface area (Å²) in [4.78, 5) is 15.4. The number of halogens is 1. The molecule has 0 bridgehead atoms. The molecule has 0 saturated heterocycles. The zero-order valence-electron chi connectivity index (χ0n) is 8.59. The number of Topliss-reactive ketones (excluding diaryl/α,β-unsaturated/α-hetero) is 1. The Hall–Kier alpha value is -1.59. The molecule has 0 aliphatic rings. The smallest absolute Gasteiger partial charge is 0.278 e. The highest BCUT2D eigenvalue weighted by molar-refractivity contribution is 7.11. The van der Waals surface area contributed by atoms with E-state index in [9.17, 15) is 9.90 Å². The first-order chi connectivity index (χ1) is 8.20. The van der Waals surface area contributed by atoms with Crippen LogP contribution in [0.2, 0.25) is 0 Å². The Balaban J connectivity index is 2.28. The largest absolute Gasteiger partial charge is 0.507 e. The normalized spacial score (nSPS) is 10.2. The minimum atomic E-state index is -0.353. The number of aromatic hydroxyl groups is 1. The van der Waals surface area contributed by atoms with Crippen molar-refractivity contribution in [2.45, 2.75) is 0 Å². The average Bonchev–Trinajstić information content (AvgIpc) is 2.83. The standard InChI is InChI=1S/C11H8ClNO3S/c12-6-10(15)8-5-7(1-2-9(8)14)16-11-13-3-4-17-11/h1-5,14H,6H2. The number of aromatic nitrogens is 1. The summed E-state index contributed by atoms with van der Waals surface area (Å²) in [5.41, 5.74) is 0.147. The third kappa shape index (κ3) is 2.75. The maximum Gasteiger partial charge on any atom is 0.278 e. The SMILES string of the molecule is O=C(CCl)c1cc(Oc2nccs2)ccc1O. The van der Waals surface area contributed by atoms with Crippen molar-refractivity contribution in [2.75, 3.05) is 5.88 Å². The maximum atomic E-state index is 11.4. The molecule has 0 saturated carbocycles. The fraction of sp³-hybridized carbons (Fsp3) is 0.0909. The van der Waals surface area contributed by atoms with Crippen LogP contribution in [-0.4, -0.2) is 21.8 Å². The zero-order valence-corrected chi connectivity index (χ0v) is 10.2. The molecule has 2 aromatic rings. The van der Waals surface area contributed by atoms with Crippen LogP contribution in [0, 0.1) is 0 Å². The number of alkyl halides is 1. The maximum absolute atomic E-state index is 11.4. The van der Waals surface area contributed by atoms with E-state index in [4.69, 9.17) is 16.3 Å². The van der Waals surface area contributed by atoms with Gasteiger partial charge in [-0.25, -0.2) is 4.98 Å². The van der Waals surface area contributed by atoms with Crippen molar-refractivity contribution in [2.24, 2.45) is 0 Å². The molecular weight excluding hydrogens is 262 g/mol. The molecule has 0 unspecified atom stereocenters. The molecule has 0 radical (unpaired) electrons. The summed E-state index contributed by atoms with van der Waals surface area (Å²) in [5.74, 6) is -0.212. The molecule has 2 rings (SSSR count). The highest BCUT2D eigenvalue weighted by atomic mass is 35.5. The summed E-state index contributed by atoms with van der Waals surface area (Å²) in [6.07, 6.45) is 1.62. The van der Waals surface area contributed by atoms with E-state index in [2.05, 4.69) is 4.98 Å². The van der Waals surface area contributed by atoms with Crippen molar-refractivity contribution in [1.29, 1.82) is 0 Å². The lowest BCUT2D eigenvalue weighted by molar-refractivity contribution is 0.101. The molecule has 0 aliphatic heterocycles. The van der Waals surface area contributed by atoms with Gasteiger partial charge in [-0.15, -0.1) is 11.6 Å². The van der Waals surface area contributed by atoms with Crippen molar-refractivity contribution in [1.82, 2.24) is 4.98 Å². The fourth-order valence-electron chi connectivity index (χ4n) is 1.24. The second-order valence-corrected chi connectivity index (χ2v) is 4.26. The molecule has 1 heterocycles. The second-order valence-electron chi connectivity index (χ2n) is 3.14. The highest BCUT2D eigenvalue weighted by Gasteiger charge is 2.12. The number of phenolic OH excluding ortho intramolecular Hbond substituents is 1. The van der Waals surface area contributed by atoms with Gasteiger partial charge in [-0.3, -0.25) is 4.79 Å². The lowest BCUT2D eigenvalue weighted by Crippen LogP contribution is -2.00. The first-order valence-electron chi connectivity index (χ1n) is 4.70. The van der Waals surface area contributed by atoms with Gasteiger partial charge in [-0.1, -0.05) is 11.3 Å². The number of hydrogen-bond acceptors (Lipinski definition) is 5. The summed E-state index contributed by atoms with van der Waals surface area (Å²) in [6.45, 7) is 0. The predicted octanol–water partition coefficient (Wildman–Crippen LogP) is 3.06. The van der Waals surface area contributed by atoms with Crippen molar-refractivity contribution in [3.05, 3.63) is 35.3 Å². The van der Waals surface area contributed by atoms with E-state index in [1.54, 1.807) is 17.6 Å². The molecule has 88 valence electrons. The number of hydrogen-bond donors (Lipinski definition) is 1. The Morgan fingerprint density at radius 3 is 3.00 bits per heavy atom. The Bertz CT molecular complexity index is 528. The highest BCUT2D eigenvalue weighted by Crippen LogP contribution is 2.28. The molecule has 17 heavy (non-hydrogen) atoms. The van der Waals surface area contributed by atoms with Crippen LogP contribution in [0.5, 0.6) is 16.7 Å². The third-order valence-corrected chi connectivity index (χ3v) is 2.90. The van der Waals surface area contributed by atoms with E-state index < -0.39 is 0 Å². The number of ketones is 1. The Labute approximate surface area is 106 Å². The Morgan fingerprint density at radius 2 is 2.35 bits per heavy atom. The van der Waals surface area contributed by atoms with E-state index in [0.29, 0.717) is 10.9 Å². The molecule has 1 aromatic heterocycles. The lowest BCUT2D eigenvalue weighted by Gasteiger charge is -2.05. The number of phenols is 1. The van der Waals surface area contributed by atoms with E-state index in [-0.39, 0.29) is 23.0 Å². The molecule has 0 fully saturated rings. The molecule has 0 spiro atoms. The number of nitrogens with zero attached hydrogens (tertiary/aromatic N) is 1. The summed E-state index contributed by atoms with van der Waals surface area (Å²) in [7, 11) is 0. The molecule has 1 aromatic carbocycles. The van der Waals surface area contributed by atoms with Gasteiger partial charge in [0.05, 0.1) is 11.4 Å². The van der Waals surface area contributed by atoms with Crippen LogP contribution in [0.4, 0.5) is 0 Å². The molecule has 4 nitrogen and oxygen atoms in total. The zero-order chi connectivity index (χ0) is 12.3. The van der Waals surface area contributed by atoms with Gasteiger partial charge in [0.1, 0.15) is 11.5 Å². The number of carbonyl (C=O) groups excluding carboxylic acids is 1. The Morgan fingerprint density at radius 1 is 1.53 bits per heavy atom. The van der Waals surface area contributed by atoms with Gasteiger partial charge in [0.15, 0.2) is 5.78 Å². The molecule has 1 N–H and O–H groups in total. The van der Waals surface area contributed by atoms with E-state index in [0.717, 1.165) is 0 Å². The fourth-order valence-corrected chi connectivity index (χ4v) is 1.88. The number of thiazole rings is 1. The van der Waals surface area contributed by atoms with Gasteiger partial charge in [0.2, 0.25) is 0 Å². The van der Waals surface area contributed by atoms with Crippen LogP contribution in [-0.2, 0) is 0 Å². The summed E-state index contributed by atoms with van der Waals surface area (Å²) < 4.78 is 5.41. The van der Waals surface area contributed by atoms with E-state index >= 15 is 0 Å². The van der Waals surface area contributed by atoms with E-state index in [1.165, 1.54) is 23.5 Å². The molecule has 6 heteroatoms. The topological polar surface area (TPSA) is 59.4 Å². The van der Waals surface area contributed by atoms with Crippen molar-refractivity contribution in [3.63, 3.8) is 0 Å². The predicted molar refractivity (Wildman–Crippen MR) is 65.3 cm³/mol. The van der Waals surface area contributed by atoms with Crippen molar-refractivity contribution < 1.29 is 14.6 Å². The molecular formula is C11H8ClNO3S. The monoisotopic (exact) mass is 269 g/mol. The van der Waals surface area contributed by atoms with E-state index in [1.807, 2.05) is 0 Å². The van der Waals surface area contributed by atoms with Gasteiger partial charge < -0.3 is 9.84 Å². The van der Waals surface area contributed by atoms with Gasteiger partial charge >= 0.3 is 0 Å². The number of benzene rings is 1. The summed E-state index contributed by atoms with van der Waals surface area (Å²) >= 11 is 6.78. The quantitative estimate of drug-likeness (QED) is 0.684. The van der Waals surface area contributed by atoms with Gasteiger partial charge in [0.25, 0.3) is 5.19 Å². The summed E-state index contributed by atoms with van der Waals surface area (Å²) in [6, 6.07) is 4.39. The number of ether oxygens (including phenoxy) is 1. The van der Waals surface area contributed by atoms with Crippen molar-refractivity contribution in [3.8, 4) is 16.7 Å². The summed E-state index contributed by atoms with van der Waals surface area (Å²) in [5, 5.41) is 11.8. The molecule has 0 aliphatic carbocycles. The van der Waals surface area contributed by atoms with Gasteiger partial charge in [-0.2, -0.15) is 0 Å². The van der Waals surface area contributed by atoms with Crippen LogP contribution >= 0.6 is 22.9 Å². The molecule has 0 amide bonds. The second kappa shape index (κ2) is 5.16. The van der Waals surface area contributed by atoms with Crippen LogP contribution < -0.4 is 4.74 Å². The van der Waals surface area contributed by atoms with Crippen LogP contribution in [0.3, 0.4) is 0 Å². The number of carbonyl (C=O) groups is 1. The first kappa shape index (κ1) is 11.9. The van der Waals surface area contributed by atoms with Crippen LogP contribution in [0.1, 0.15) is 10.4 Å². The number of rotatable bonds is 4. The average molecular weight is 270 g/mol. The van der Waals surface area contributed by atoms with Crippen LogP contribution in [0.25, 0.3) is 0 Å². The minimum absolute atomic E-state index is 0.109. The Kier molecular flexibility index (Phi) is 3.61. The minimum Gasteiger partial charge on any atom is -0.507 e. The van der Waals surface area contributed by atoms with Crippen LogP contribution in [0.15, 0.2) is 29.8 Å².